The van der Waals surface area contributed by atoms with Gasteiger partial charge in [0.1, 0.15) is 0 Å². The van der Waals surface area contributed by atoms with Crippen LogP contribution in [0, 0.1) is 6.92 Å². The maximum absolute atomic E-state index is 7.75. The third-order valence-electron chi connectivity index (χ3n) is 1.80. The van der Waals surface area contributed by atoms with E-state index in [0.29, 0.717) is 6.54 Å². The molecule has 0 bridgehead atoms. The zero-order valence-corrected chi connectivity index (χ0v) is 11.3. The van der Waals surface area contributed by atoms with Gasteiger partial charge in [-0.1, -0.05) is 65.7 Å². The maximum Gasteiger partial charge on any atom is 0.0553 e. The lowest BCUT2D eigenvalue weighted by molar-refractivity contribution is 0.306. The van der Waals surface area contributed by atoms with E-state index in [2.05, 4.69) is 19.1 Å². The van der Waals surface area contributed by atoms with Gasteiger partial charge in [0.2, 0.25) is 0 Å². The van der Waals surface area contributed by atoms with E-state index in [1.165, 1.54) is 5.56 Å². The van der Waals surface area contributed by atoms with Crippen molar-refractivity contribution in [2.45, 2.75) is 6.92 Å². The largest absolute Gasteiger partial charge is 0.395 e. The molecule has 0 spiro atoms. The monoisotopic (exact) mass is 265 g/mol. The van der Waals surface area contributed by atoms with Gasteiger partial charge in [0.15, 0.2) is 0 Å². The summed E-state index contributed by atoms with van der Waals surface area (Å²) in [4.78, 5) is 0. The third-order valence-corrected chi connectivity index (χ3v) is 2.05. The lowest BCUT2D eigenvalue weighted by Crippen LogP contribution is -2.02. The Hall–Kier alpha value is -1.35. The third kappa shape index (κ3) is 11.1. The summed E-state index contributed by atoms with van der Waals surface area (Å²) in [5.41, 5.74) is 6.10. The summed E-state index contributed by atoms with van der Waals surface area (Å²) in [6, 6.07) is 19.7. The first kappa shape index (κ1) is 16.6. The molecule has 98 valence electrons. The van der Waals surface area contributed by atoms with Crippen molar-refractivity contribution in [3.05, 3.63) is 71.2 Å². The number of hydrogen-bond acceptors (Lipinski definition) is 2. The van der Waals surface area contributed by atoms with Gasteiger partial charge < -0.3 is 10.8 Å². The molecule has 0 atom stereocenters. The molecule has 2 aromatic carbocycles. The normalized spacial score (nSPS) is 8.44. The number of hydrogen-bond donors (Lipinski definition) is 2. The van der Waals surface area contributed by atoms with E-state index in [0.717, 1.165) is 5.02 Å². The number of halogens is 1. The van der Waals surface area contributed by atoms with Crippen LogP contribution in [0.25, 0.3) is 0 Å². The second kappa shape index (κ2) is 12.1. The van der Waals surface area contributed by atoms with Crippen LogP contribution >= 0.6 is 11.6 Å². The Bertz CT molecular complexity index is 339. The zero-order valence-electron chi connectivity index (χ0n) is 10.6. The lowest BCUT2D eigenvalue weighted by atomic mass is 10.2. The standard InChI is InChI=1S/C7H8.C6H5Cl.C2H7NO/c1-7-5-3-2-4-6-7;7-6-4-2-1-3-5-6;3-1-2-4/h2-6H,1H3;1-5H;4H,1-3H2. The van der Waals surface area contributed by atoms with Crippen molar-refractivity contribution in [1.82, 2.24) is 0 Å². The molecule has 3 N–H and O–H groups in total. The molecular weight excluding hydrogens is 246 g/mol. The highest BCUT2D eigenvalue weighted by Gasteiger charge is 1.75. The fourth-order valence-corrected chi connectivity index (χ4v) is 1.09. The molecule has 0 aliphatic carbocycles. The average Bonchev–Trinajstić information content (AvgIpc) is 2.41. The molecule has 0 unspecified atom stereocenters. The Labute approximate surface area is 114 Å². The minimum atomic E-state index is 0.0972. The molecule has 2 rings (SSSR count). The zero-order chi connectivity index (χ0) is 13.6. The van der Waals surface area contributed by atoms with E-state index in [4.69, 9.17) is 22.4 Å². The second-order valence-electron chi connectivity index (χ2n) is 3.46. The van der Waals surface area contributed by atoms with E-state index >= 15 is 0 Å². The molecule has 3 heteroatoms. The number of benzene rings is 2. The molecule has 0 radical (unpaired) electrons. The predicted octanol–water partition coefficient (Wildman–Crippen LogP) is 3.27. The smallest absolute Gasteiger partial charge is 0.0553 e. The van der Waals surface area contributed by atoms with Crippen molar-refractivity contribution in [2.75, 3.05) is 13.2 Å². The Morgan fingerprint density at radius 2 is 1.33 bits per heavy atom. The second-order valence-corrected chi connectivity index (χ2v) is 3.90. The highest BCUT2D eigenvalue weighted by molar-refractivity contribution is 6.30. The highest BCUT2D eigenvalue weighted by Crippen LogP contribution is 2.03. The van der Waals surface area contributed by atoms with Gasteiger partial charge in [0.25, 0.3) is 0 Å². The summed E-state index contributed by atoms with van der Waals surface area (Å²) >= 11 is 5.54. The molecular formula is C15H20ClNO. The summed E-state index contributed by atoms with van der Waals surface area (Å²) in [5, 5.41) is 8.54. The van der Waals surface area contributed by atoms with Gasteiger partial charge in [0, 0.05) is 11.6 Å². The minimum absolute atomic E-state index is 0.0972. The van der Waals surface area contributed by atoms with E-state index in [1.54, 1.807) is 0 Å². The molecule has 0 heterocycles. The number of nitrogens with two attached hydrogens (primary N) is 1. The molecule has 0 saturated carbocycles. The summed E-state index contributed by atoms with van der Waals surface area (Å²) in [6.45, 7) is 2.56. The molecule has 0 fully saturated rings. The highest BCUT2D eigenvalue weighted by atomic mass is 35.5. The van der Waals surface area contributed by atoms with Crippen molar-refractivity contribution >= 4 is 11.6 Å². The maximum atomic E-state index is 7.75. The van der Waals surface area contributed by atoms with Gasteiger partial charge >= 0.3 is 0 Å². The van der Waals surface area contributed by atoms with Crippen molar-refractivity contribution in [2.24, 2.45) is 5.73 Å². The molecule has 0 amide bonds. The number of rotatable bonds is 1. The molecule has 0 saturated heterocycles. The Morgan fingerprint density at radius 1 is 0.944 bits per heavy atom. The van der Waals surface area contributed by atoms with E-state index in [-0.39, 0.29) is 6.61 Å². The van der Waals surface area contributed by atoms with Crippen molar-refractivity contribution in [1.29, 1.82) is 0 Å². The van der Waals surface area contributed by atoms with Gasteiger partial charge in [-0.3, -0.25) is 0 Å². The molecule has 0 aliphatic rings. The molecule has 0 aromatic heterocycles. The van der Waals surface area contributed by atoms with Crippen LogP contribution in [-0.2, 0) is 0 Å². The molecule has 0 aliphatic heterocycles. The Kier molecular flexibility index (Phi) is 11.2. The van der Waals surface area contributed by atoms with E-state index in [1.807, 2.05) is 48.5 Å². The lowest BCUT2D eigenvalue weighted by Gasteiger charge is -1.82. The predicted molar refractivity (Wildman–Crippen MR) is 78.8 cm³/mol. The topological polar surface area (TPSA) is 46.2 Å². The first-order valence-electron chi connectivity index (χ1n) is 5.73. The fraction of sp³-hybridized carbons (Fsp3) is 0.200. The van der Waals surface area contributed by atoms with Gasteiger partial charge in [-0.05, 0) is 19.1 Å². The summed E-state index contributed by atoms with van der Waals surface area (Å²) in [7, 11) is 0. The first-order valence-corrected chi connectivity index (χ1v) is 6.11. The van der Waals surface area contributed by atoms with Crippen LogP contribution in [0.3, 0.4) is 0 Å². The molecule has 18 heavy (non-hydrogen) atoms. The van der Waals surface area contributed by atoms with Crippen LogP contribution in [0.1, 0.15) is 5.56 Å². The van der Waals surface area contributed by atoms with Gasteiger partial charge in [0.05, 0.1) is 6.61 Å². The summed E-state index contributed by atoms with van der Waals surface area (Å²) in [5.74, 6) is 0. The van der Waals surface area contributed by atoms with Crippen LogP contribution < -0.4 is 5.73 Å². The van der Waals surface area contributed by atoms with E-state index in [9.17, 15) is 0 Å². The van der Waals surface area contributed by atoms with Crippen LogP contribution in [0.2, 0.25) is 5.02 Å². The average molecular weight is 266 g/mol. The molecule has 2 nitrogen and oxygen atoms in total. The van der Waals surface area contributed by atoms with Crippen LogP contribution in [-0.4, -0.2) is 18.3 Å². The first-order chi connectivity index (χ1) is 8.70. The quantitative estimate of drug-likeness (QED) is 0.831. The number of aliphatic hydroxyl groups excluding tert-OH is 1. The van der Waals surface area contributed by atoms with E-state index < -0.39 is 0 Å². The van der Waals surface area contributed by atoms with Gasteiger partial charge in [-0.2, -0.15) is 0 Å². The molecule has 2 aromatic rings. The van der Waals surface area contributed by atoms with Crippen molar-refractivity contribution in [3.8, 4) is 0 Å². The van der Waals surface area contributed by atoms with Crippen LogP contribution in [0.5, 0.6) is 0 Å². The van der Waals surface area contributed by atoms with Gasteiger partial charge in [-0.25, -0.2) is 0 Å². The Morgan fingerprint density at radius 3 is 1.50 bits per heavy atom. The summed E-state index contributed by atoms with van der Waals surface area (Å²) < 4.78 is 0. The minimum Gasteiger partial charge on any atom is -0.395 e. The SMILES string of the molecule is Cc1ccccc1.Clc1ccccc1.NCCO. The summed E-state index contributed by atoms with van der Waals surface area (Å²) in [6.07, 6.45) is 0. The van der Waals surface area contributed by atoms with Crippen molar-refractivity contribution < 1.29 is 5.11 Å². The van der Waals surface area contributed by atoms with Crippen LogP contribution in [0.4, 0.5) is 0 Å². The number of aryl methyl sites for hydroxylation is 1. The number of aliphatic hydroxyl groups is 1. The van der Waals surface area contributed by atoms with Gasteiger partial charge in [-0.15, -0.1) is 0 Å². The van der Waals surface area contributed by atoms with Crippen LogP contribution in [0.15, 0.2) is 60.7 Å². The Balaban J connectivity index is 0.000000253. The fourth-order valence-electron chi connectivity index (χ4n) is 0.949. The van der Waals surface area contributed by atoms with Crippen molar-refractivity contribution in [3.63, 3.8) is 0 Å².